The number of aromatic nitrogens is 2. The van der Waals surface area contributed by atoms with Gasteiger partial charge in [-0.05, 0) is 60.7 Å². The maximum Gasteiger partial charge on any atom is 0.228 e. The van der Waals surface area contributed by atoms with Crippen molar-refractivity contribution in [3.8, 4) is 0 Å². The summed E-state index contributed by atoms with van der Waals surface area (Å²) < 4.78 is 13.5. The van der Waals surface area contributed by atoms with Crippen molar-refractivity contribution in [1.82, 2.24) is 9.97 Å². The van der Waals surface area contributed by atoms with Gasteiger partial charge in [-0.2, -0.15) is 0 Å². The number of nitrogens with zero attached hydrogens (tertiary/aromatic N) is 4. The van der Waals surface area contributed by atoms with Crippen LogP contribution in [0.4, 0.5) is 21.7 Å². The Labute approximate surface area is 192 Å². The van der Waals surface area contributed by atoms with Gasteiger partial charge in [-0.1, -0.05) is 18.2 Å². The average Bonchev–Trinajstić information content (AvgIpc) is 2.84. The third kappa shape index (κ3) is 5.71. The van der Waals surface area contributed by atoms with Gasteiger partial charge < -0.3 is 10.2 Å². The van der Waals surface area contributed by atoms with Crippen LogP contribution in [0.2, 0.25) is 0 Å². The molecule has 0 atom stereocenters. The second kappa shape index (κ2) is 10.7. The first-order valence-electron chi connectivity index (χ1n) is 11.0. The van der Waals surface area contributed by atoms with Crippen LogP contribution in [0.1, 0.15) is 30.4 Å². The standard InChI is InChI=1S/C25H26FN5O2/c26-21-7-3-5-19(15-21)11-13-28-25-22(30(18-32)17-20-6-4-12-27-16-20)9-10-23(29-25)31-14-2-1-8-24(31)33/h3-7,9-10,12,15-16,18H,1-2,8,11,13-14,17H2,(H,28,29). The minimum atomic E-state index is -0.277. The minimum Gasteiger partial charge on any atom is -0.368 e. The zero-order chi connectivity index (χ0) is 23.0. The molecule has 0 saturated carbocycles. The van der Waals surface area contributed by atoms with Gasteiger partial charge in [0.05, 0.1) is 12.2 Å². The van der Waals surface area contributed by atoms with Gasteiger partial charge in [0.25, 0.3) is 0 Å². The molecule has 0 aliphatic carbocycles. The number of rotatable bonds is 9. The number of anilines is 3. The van der Waals surface area contributed by atoms with E-state index in [-0.39, 0.29) is 11.7 Å². The number of halogens is 1. The molecule has 7 nitrogen and oxygen atoms in total. The van der Waals surface area contributed by atoms with Crippen LogP contribution in [0.15, 0.2) is 60.9 Å². The van der Waals surface area contributed by atoms with Gasteiger partial charge in [0, 0.05) is 31.9 Å². The molecule has 0 radical (unpaired) electrons. The Morgan fingerprint density at radius 3 is 2.76 bits per heavy atom. The molecule has 1 aromatic carbocycles. The minimum absolute atomic E-state index is 0.0508. The predicted octanol–water partition coefficient (Wildman–Crippen LogP) is 3.95. The summed E-state index contributed by atoms with van der Waals surface area (Å²) in [6.07, 6.45) is 7.05. The van der Waals surface area contributed by atoms with Gasteiger partial charge >= 0.3 is 0 Å². The van der Waals surface area contributed by atoms with Crippen LogP contribution in [0.5, 0.6) is 0 Å². The lowest BCUT2D eigenvalue weighted by Gasteiger charge is -2.28. The predicted molar refractivity (Wildman–Crippen MR) is 126 cm³/mol. The van der Waals surface area contributed by atoms with Crippen LogP contribution in [-0.2, 0) is 22.6 Å². The molecule has 0 spiro atoms. The highest BCUT2D eigenvalue weighted by Gasteiger charge is 2.22. The number of carbonyl (C=O) groups is 2. The quantitative estimate of drug-likeness (QED) is 0.503. The molecule has 4 rings (SSSR count). The van der Waals surface area contributed by atoms with Crippen molar-refractivity contribution in [2.45, 2.75) is 32.2 Å². The molecule has 0 unspecified atom stereocenters. The van der Waals surface area contributed by atoms with E-state index >= 15 is 0 Å². The number of pyridine rings is 2. The van der Waals surface area contributed by atoms with E-state index in [4.69, 9.17) is 4.98 Å². The smallest absolute Gasteiger partial charge is 0.228 e. The maximum absolute atomic E-state index is 13.5. The summed E-state index contributed by atoms with van der Waals surface area (Å²) >= 11 is 0. The molecule has 1 fully saturated rings. The Morgan fingerprint density at radius 2 is 2.00 bits per heavy atom. The van der Waals surface area contributed by atoms with Crippen molar-refractivity contribution in [2.24, 2.45) is 0 Å². The van der Waals surface area contributed by atoms with Crippen LogP contribution in [0.3, 0.4) is 0 Å². The number of carbonyl (C=O) groups excluding carboxylic acids is 2. The highest BCUT2D eigenvalue weighted by atomic mass is 19.1. The molecule has 1 aliphatic rings. The van der Waals surface area contributed by atoms with E-state index in [1.165, 1.54) is 12.1 Å². The summed E-state index contributed by atoms with van der Waals surface area (Å²) in [7, 11) is 0. The van der Waals surface area contributed by atoms with Gasteiger partial charge in [-0.3, -0.25) is 19.5 Å². The summed E-state index contributed by atoms with van der Waals surface area (Å²) in [6.45, 7) is 1.45. The molecule has 170 valence electrons. The Hall–Kier alpha value is -3.81. The van der Waals surface area contributed by atoms with Gasteiger partial charge in [-0.15, -0.1) is 0 Å². The van der Waals surface area contributed by atoms with Crippen molar-refractivity contribution in [2.75, 3.05) is 28.2 Å². The van der Waals surface area contributed by atoms with Crippen LogP contribution in [0, 0.1) is 5.82 Å². The molecule has 1 saturated heterocycles. The normalized spacial score (nSPS) is 13.6. The molecule has 8 heteroatoms. The third-order valence-electron chi connectivity index (χ3n) is 5.57. The van der Waals surface area contributed by atoms with E-state index in [1.807, 2.05) is 18.2 Å². The fourth-order valence-electron chi connectivity index (χ4n) is 3.89. The summed E-state index contributed by atoms with van der Waals surface area (Å²) in [5.74, 6) is 0.831. The summed E-state index contributed by atoms with van der Waals surface area (Å²) in [6, 6.07) is 13.8. The summed E-state index contributed by atoms with van der Waals surface area (Å²) in [5, 5.41) is 3.29. The monoisotopic (exact) mass is 447 g/mol. The maximum atomic E-state index is 13.5. The zero-order valence-electron chi connectivity index (χ0n) is 18.3. The van der Waals surface area contributed by atoms with Crippen molar-refractivity contribution < 1.29 is 14.0 Å². The Bertz CT molecular complexity index is 1110. The van der Waals surface area contributed by atoms with Crippen molar-refractivity contribution in [3.63, 3.8) is 0 Å². The van der Waals surface area contributed by atoms with Gasteiger partial charge in [0.1, 0.15) is 11.6 Å². The summed E-state index contributed by atoms with van der Waals surface area (Å²) in [5.41, 5.74) is 2.33. The van der Waals surface area contributed by atoms with Crippen molar-refractivity contribution in [3.05, 3.63) is 77.9 Å². The zero-order valence-corrected chi connectivity index (χ0v) is 18.3. The highest BCUT2D eigenvalue weighted by Crippen LogP contribution is 2.29. The van der Waals surface area contributed by atoms with E-state index in [2.05, 4.69) is 10.3 Å². The lowest BCUT2D eigenvalue weighted by atomic mass is 10.1. The topological polar surface area (TPSA) is 78.4 Å². The van der Waals surface area contributed by atoms with Crippen LogP contribution in [0.25, 0.3) is 0 Å². The molecule has 1 aliphatic heterocycles. The first-order valence-corrected chi connectivity index (χ1v) is 11.0. The molecule has 1 N–H and O–H groups in total. The van der Waals surface area contributed by atoms with E-state index in [0.29, 0.717) is 49.8 Å². The van der Waals surface area contributed by atoms with Gasteiger partial charge in [-0.25, -0.2) is 9.37 Å². The number of benzene rings is 1. The number of amides is 2. The fraction of sp³-hybridized carbons (Fsp3) is 0.280. The van der Waals surface area contributed by atoms with Crippen molar-refractivity contribution in [1.29, 1.82) is 0 Å². The molecule has 0 bridgehead atoms. The summed E-state index contributed by atoms with van der Waals surface area (Å²) in [4.78, 5) is 36.5. The molecule has 3 aromatic rings. The van der Waals surface area contributed by atoms with E-state index in [0.717, 1.165) is 30.4 Å². The number of hydrogen-bond acceptors (Lipinski definition) is 5. The number of nitrogens with one attached hydrogen (secondary N) is 1. The lowest BCUT2D eigenvalue weighted by molar-refractivity contribution is -0.119. The lowest BCUT2D eigenvalue weighted by Crippen LogP contribution is -2.36. The average molecular weight is 448 g/mol. The first kappa shape index (κ1) is 22.4. The second-order valence-electron chi connectivity index (χ2n) is 7.94. The Kier molecular flexibility index (Phi) is 7.24. The number of piperidine rings is 1. The Balaban J connectivity index is 1.59. The molecule has 3 heterocycles. The van der Waals surface area contributed by atoms with Gasteiger partial charge in [0.15, 0.2) is 5.82 Å². The molecule has 33 heavy (non-hydrogen) atoms. The third-order valence-corrected chi connectivity index (χ3v) is 5.57. The highest BCUT2D eigenvalue weighted by molar-refractivity contribution is 5.94. The molecule has 2 aromatic heterocycles. The number of hydrogen-bond donors (Lipinski definition) is 1. The second-order valence-corrected chi connectivity index (χ2v) is 7.94. The van der Waals surface area contributed by atoms with Crippen LogP contribution < -0.4 is 15.1 Å². The van der Waals surface area contributed by atoms with Gasteiger partial charge in [0.2, 0.25) is 12.3 Å². The Morgan fingerprint density at radius 1 is 1.12 bits per heavy atom. The molecular formula is C25H26FN5O2. The molecular weight excluding hydrogens is 421 g/mol. The first-order chi connectivity index (χ1) is 16.1. The van der Waals surface area contributed by atoms with Crippen LogP contribution in [-0.4, -0.2) is 35.4 Å². The fourth-order valence-corrected chi connectivity index (χ4v) is 3.89. The molecule has 2 amide bonds. The SMILES string of the molecule is O=CN(Cc1cccnc1)c1ccc(N2CCCCC2=O)nc1NCCc1cccc(F)c1. The van der Waals surface area contributed by atoms with Crippen molar-refractivity contribution >= 4 is 29.6 Å². The van der Waals surface area contributed by atoms with E-state index < -0.39 is 0 Å². The largest absolute Gasteiger partial charge is 0.368 e. The van der Waals surface area contributed by atoms with E-state index in [9.17, 15) is 14.0 Å². The van der Waals surface area contributed by atoms with Crippen LogP contribution >= 0.6 is 0 Å². The van der Waals surface area contributed by atoms with E-state index in [1.54, 1.807) is 40.4 Å².